The summed E-state index contributed by atoms with van der Waals surface area (Å²) >= 11 is 1.72. The van der Waals surface area contributed by atoms with Crippen LogP contribution in [-0.2, 0) is 11.2 Å². The summed E-state index contributed by atoms with van der Waals surface area (Å²) in [5.74, 6) is -0.427. The lowest BCUT2D eigenvalue weighted by Crippen LogP contribution is -2.42. The molecule has 0 saturated carbocycles. The van der Waals surface area contributed by atoms with Crippen LogP contribution in [0.3, 0.4) is 0 Å². The molecule has 1 aliphatic heterocycles. The standard InChI is InChI=1S/C15H22N2O2S/c1-9-5-4-8-17(10(9)2)15-16-13-11(14(18)19)6-3-7-12(13)20-15/h9-11H,3-8H2,1-2H3,(H,18,19). The highest BCUT2D eigenvalue weighted by Crippen LogP contribution is 2.40. The molecule has 2 aliphatic rings. The molecule has 1 saturated heterocycles. The van der Waals surface area contributed by atoms with Gasteiger partial charge in [0.25, 0.3) is 0 Å². The van der Waals surface area contributed by atoms with Crippen molar-refractivity contribution in [2.24, 2.45) is 5.92 Å². The number of carboxylic acid groups (broad SMARTS) is 1. The van der Waals surface area contributed by atoms with Crippen LogP contribution in [0, 0.1) is 5.92 Å². The zero-order valence-corrected chi connectivity index (χ0v) is 12.9. The molecule has 3 rings (SSSR count). The molecule has 1 aromatic rings. The lowest BCUT2D eigenvalue weighted by molar-refractivity contribution is -0.139. The van der Waals surface area contributed by atoms with Crippen molar-refractivity contribution >= 4 is 22.4 Å². The third-order valence-electron chi connectivity index (χ3n) is 4.86. The predicted molar refractivity (Wildman–Crippen MR) is 80.6 cm³/mol. The van der Waals surface area contributed by atoms with Crippen molar-refractivity contribution < 1.29 is 9.90 Å². The van der Waals surface area contributed by atoms with E-state index in [0.29, 0.717) is 12.0 Å². The summed E-state index contributed by atoms with van der Waals surface area (Å²) in [6.07, 6.45) is 5.18. The number of fused-ring (bicyclic) bond motifs is 1. The molecule has 0 spiro atoms. The zero-order chi connectivity index (χ0) is 14.3. The number of carboxylic acids is 1. The van der Waals surface area contributed by atoms with Gasteiger partial charge in [-0.3, -0.25) is 4.79 Å². The van der Waals surface area contributed by atoms with E-state index in [-0.39, 0.29) is 5.92 Å². The second kappa shape index (κ2) is 5.35. The van der Waals surface area contributed by atoms with Crippen LogP contribution in [0.1, 0.15) is 56.0 Å². The van der Waals surface area contributed by atoms with Crippen molar-refractivity contribution in [2.75, 3.05) is 11.4 Å². The van der Waals surface area contributed by atoms with Gasteiger partial charge in [-0.15, -0.1) is 11.3 Å². The second-order valence-electron chi connectivity index (χ2n) is 6.14. The molecule has 110 valence electrons. The normalized spacial score (nSPS) is 30.1. The topological polar surface area (TPSA) is 53.4 Å². The van der Waals surface area contributed by atoms with E-state index in [1.165, 1.54) is 17.7 Å². The number of nitrogens with zero attached hydrogens (tertiary/aromatic N) is 2. The van der Waals surface area contributed by atoms with E-state index in [1.807, 2.05) is 0 Å². The third kappa shape index (κ3) is 2.32. The average molecular weight is 294 g/mol. The Morgan fingerprint density at radius 1 is 1.35 bits per heavy atom. The summed E-state index contributed by atoms with van der Waals surface area (Å²) in [7, 11) is 0. The molecule has 1 N–H and O–H groups in total. The average Bonchev–Trinajstić information content (AvgIpc) is 2.84. The number of hydrogen-bond donors (Lipinski definition) is 1. The van der Waals surface area contributed by atoms with Crippen molar-refractivity contribution in [3.05, 3.63) is 10.6 Å². The van der Waals surface area contributed by atoms with Gasteiger partial charge in [-0.25, -0.2) is 4.98 Å². The van der Waals surface area contributed by atoms with E-state index in [0.717, 1.165) is 36.6 Å². The van der Waals surface area contributed by atoms with Gasteiger partial charge >= 0.3 is 5.97 Å². The number of thiazole rings is 1. The number of hydrogen-bond acceptors (Lipinski definition) is 4. The fourth-order valence-corrected chi connectivity index (χ4v) is 4.65. The van der Waals surface area contributed by atoms with Crippen molar-refractivity contribution in [1.29, 1.82) is 0 Å². The third-order valence-corrected chi connectivity index (χ3v) is 6.03. The van der Waals surface area contributed by atoms with Crippen LogP contribution >= 0.6 is 11.3 Å². The lowest BCUT2D eigenvalue weighted by atomic mass is 9.91. The van der Waals surface area contributed by atoms with Gasteiger partial charge in [0, 0.05) is 17.5 Å². The summed E-state index contributed by atoms with van der Waals surface area (Å²) in [6.45, 7) is 5.61. The molecule has 3 atom stereocenters. The van der Waals surface area contributed by atoms with E-state index in [1.54, 1.807) is 11.3 Å². The molecule has 2 heterocycles. The van der Waals surface area contributed by atoms with Gasteiger partial charge < -0.3 is 10.0 Å². The van der Waals surface area contributed by atoms with Crippen molar-refractivity contribution in [3.8, 4) is 0 Å². The fourth-order valence-electron chi connectivity index (χ4n) is 3.37. The smallest absolute Gasteiger partial charge is 0.312 e. The lowest BCUT2D eigenvalue weighted by Gasteiger charge is -2.37. The molecule has 0 amide bonds. The SMILES string of the molecule is CC1CCCN(c2nc3c(s2)CCCC3C(=O)O)C1C. The number of carbonyl (C=O) groups is 1. The highest BCUT2D eigenvalue weighted by molar-refractivity contribution is 7.15. The van der Waals surface area contributed by atoms with Crippen LogP contribution in [0.4, 0.5) is 5.13 Å². The summed E-state index contributed by atoms with van der Waals surface area (Å²) in [6, 6.07) is 0.500. The van der Waals surface area contributed by atoms with Crippen LogP contribution in [-0.4, -0.2) is 28.6 Å². The second-order valence-corrected chi connectivity index (χ2v) is 7.20. The molecule has 0 aromatic carbocycles. The molecular formula is C15H22N2O2S. The largest absolute Gasteiger partial charge is 0.481 e. The minimum atomic E-state index is -0.720. The molecule has 1 aromatic heterocycles. The van der Waals surface area contributed by atoms with Crippen LogP contribution < -0.4 is 4.90 Å². The zero-order valence-electron chi connectivity index (χ0n) is 12.1. The van der Waals surface area contributed by atoms with E-state index < -0.39 is 5.97 Å². The Morgan fingerprint density at radius 2 is 2.15 bits per heavy atom. The molecule has 5 heteroatoms. The van der Waals surface area contributed by atoms with Gasteiger partial charge in [0.05, 0.1) is 5.69 Å². The molecule has 3 unspecified atom stereocenters. The van der Waals surface area contributed by atoms with E-state index >= 15 is 0 Å². The van der Waals surface area contributed by atoms with Crippen molar-refractivity contribution in [2.45, 2.75) is 57.9 Å². The van der Waals surface area contributed by atoms with E-state index in [9.17, 15) is 9.90 Å². The van der Waals surface area contributed by atoms with Crippen LogP contribution in [0.15, 0.2) is 0 Å². The van der Waals surface area contributed by atoms with Gasteiger partial charge in [-0.2, -0.15) is 0 Å². The Morgan fingerprint density at radius 3 is 2.90 bits per heavy atom. The first kappa shape index (κ1) is 13.9. The number of aliphatic carboxylic acids is 1. The Kier molecular flexibility index (Phi) is 3.71. The Hall–Kier alpha value is -1.10. The monoisotopic (exact) mass is 294 g/mol. The van der Waals surface area contributed by atoms with Crippen LogP contribution in [0.2, 0.25) is 0 Å². The summed E-state index contributed by atoms with van der Waals surface area (Å²) < 4.78 is 0. The first-order valence-electron chi connectivity index (χ1n) is 7.57. The number of aromatic nitrogens is 1. The number of piperidine rings is 1. The van der Waals surface area contributed by atoms with Gasteiger partial charge in [-0.1, -0.05) is 6.92 Å². The molecular weight excluding hydrogens is 272 g/mol. The van der Waals surface area contributed by atoms with Crippen LogP contribution in [0.25, 0.3) is 0 Å². The van der Waals surface area contributed by atoms with Gasteiger partial charge in [0.2, 0.25) is 0 Å². The number of aryl methyl sites for hydroxylation is 1. The predicted octanol–water partition coefficient (Wildman–Crippen LogP) is 3.27. The maximum Gasteiger partial charge on any atom is 0.312 e. The highest BCUT2D eigenvalue weighted by Gasteiger charge is 2.33. The first-order valence-corrected chi connectivity index (χ1v) is 8.38. The Labute approximate surface area is 123 Å². The quantitative estimate of drug-likeness (QED) is 0.909. The Balaban J connectivity index is 1.90. The molecule has 1 fully saturated rings. The molecule has 1 aliphatic carbocycles. The maximum absolute atomic E-state index is 11.4. The molecule has 20 heavy (non-hydrogen) atoms. The minimum absolute atomic E-state index is 0.388. The summed E-state index contributed by atoms with van der Waals surface area (Å²) in [5, 5.41) is 10.4. The molecule has 0 radical (unpaired) electrons. The van der Waals surface area contributed by atoms with Crippen molar-refractivity contribution in [3.63, 3.8) is 0 Å². The number of anilines is 1. The summed E-state index contributed by atoms with van der Waals surface area (Å²) in [4.78, 5) is 19.7. The summed E-state index contributed by atoms with van der Waals surface area (Å²) in [5.41, 5.74) is 0.842. The fraction of sp³-hybridized carbons (Fsp3) is 0.733. The van der Waals surface area contributed by atoms with E-state index in [4.69, 9.17) is 4.98 Å². The van der Waals surface area contributed by atoms with Gasteiger partial charge in [0.15, 0.2) is 5.13 Å². The van der Waals surface area contributed by atoms with Crippen LogP contribution in [0.5, 0.6) is 0 Å². The number of rotatable bonds is 2. The van der Waals surface area contributed by atoms with Crippen molar-refractivity contribution in [1.82, 2.24) is 4.98 Å². The van der Waals surface area contributed by atoms with Gasteiger partial charge in [-0.05, 0) is 44.9 Å². The van der Waals surface area contributed by atoms with E-state index in [2.05, 4.69) is 18.7 Å². The Bertz CT molecular complexity index is 514. The maximum atomic E-state index is 11.4. The van der Waals surface area contributed by atoms with Gasteiger partial charge in [0.1, 0.15) is 5.92 Å². The minimum Gasteiger partial charge on any atom is -0.481 e. The molecule has 0 bridgehead atoms. The first-order chi connectivity index (χ1) is 9.58. The highest BCUT2D eigenvalue weighted by atomic mass is 32.1. The molecule has 4 nitrogen and oxygen atoms in total.